The monoisotopic (exact) mass is 307 g/mol. The molecule has 0 radical (unpaired) electrons. The molecule has 1 aromatic rings. The van der Waals surface area contributed by atoms with Crippen molar-refractivity contribution in [3.63, 3.8) is 0 Å². The Morgan fingerprint density at radius 3 is 2.45 bits per heavy atom. The second-order valence-electron chi connectivity index (χ2n) is 5.58. The standard InChI is InChI=1S/C15H18FN3O3/c16-12-3-1-2-4-13(12)19-10-9-18(14(19)20)11-5-7-17(8-6-11)15(21)22/h1-4,11H,5-10H2,(H,21,22). The molecule has 2 heterocycles. The number of hydrogen-bond donors (Lipinski definition) is 1. The molecule has 7 heteroatoms. The number of urea groups is 1. The van der Waals surface area contributed by atoms with E-state index >= 15 is 0 Å². The minimum atomic E-state index is -0.917. The van der Waals surface area contributed by atoms with Gasteiger partial charge in [-0.15, -0.1) is 0 Å². The number of benzene rings is 1. The van der Waals surface area contributed by atoms with Gasteiger partial charge in [-0.05, 0) is 25.0 Å². The van der Waals surface area contributed by atoms with Gasteiger partial charge in [0.1, 0.15) is 5.82 Å². The van der Waals surface area contributed by atoms with Gasteiger partial charge in [-0.25, -0.2) is 14.0 Å². The maximum absolute atomic E-state index is 13.8. The quantitative estimate of drug-likeness (QED) is 0.911. The summed E-state index contributed by atoms with van der Waals surface area (Å²) in [6.45, 7) is 1.87. The van der Waals surface area contributed by atoms with Crippen LogP contribution in [0.4, 0.5) is 19.7 Å². The number of rotatable bonds is 2. The van der Waals surface area contributed by atoms with Gasteiger partial charge in [0.25, 0.3) is 0 Å². The third-order valence-corrected chi connectivity index (χ3v) is 4.36. The summed E-state index contributed by atoms with van der Waals surface area (Å²) in [6, 6.07) is 6.08. The molecule has 2 fully saturated rings. The highest BCUT2D eigenvalue weighted by atomic mass is 19.1. The third kappa shape index (κ3) is 2.58. The number of nitrogens with zero attached hydrogens (tertiary/aromatic N) is 3. The van der Waals surface area contributed by atoms with E-state index in [2.05, 4.69) is 0 Å². The fourth-order valence-corrected chi connectivity index (χ4v) is 3.16. The van der Waals surface area contributed by atoms with Crippen molar-refractivity contribution in [2.24, 2.45) is 0 Å². The summed E-state index contributed by atoms with van der Waals surface area (Å²) in [4.78, 5) is 28.0. The lowest BCUT2D eigenvalue weighted by Crippen LogP contribution is -2.47. The average molecular weight is 307 g/mol. The summed E-state index contributed by atoms with van der Waals surface area (Å²) in [5, 5.41) is 8.96. The van der Waals surface area contributed by atoms with Crippen LogP contribution in [-0.4, -0.2) is 59.3 Å². The first-order chi connectivity index (χ1) is 10.6. The van der Waals surface area contributed by atoms with Gasteiger partial charge in [0.2, 0.25) is 0 Å². The highest BCUT2D eigenvalue weighted by Crippen LogP contribution is 2.27. The Morgan fingerprint density at radius 1 is 1.14 bits per heavy atom. The third-order valence-electron chi connectivity index (χ3n) is 4.36. The normalized spacial score (nSPS) is 19.9. The van der Waals surface area contributed by atoms with Crippen LogP contribution >= 0.6 is 0 Å². The minimum absolute atomic E-state index is 0.0277. The highest BCUT2D eigenvalue weighted by Gasteiger charge is 2.37. The zero-order chi connectivity index (χ0) is 15.7. The van der Waals surface area contributed by atoms with Gasteiger partial charge < -0.3 is 14.9 Å². The van der Waals surface area contributed by atoms with Crippen LogP contribution in [0, 0.1) is 5.82 Å². The Kier molecular flexibility index (Phi) is 3.87. The Balaban J connectivity index is 1.67. The van der Waals surface area contributed by atoms with Crippen LogP contribution < -0.4 is 4.90 Å². The Bertz CT molecular complexity index is 587. The first-order valence-electron chi connectivity index (χ1n) is 7.38. The molecular weight excluding hydrogens is 289 g/mol. The molecule has 2 saturated heterocycles. The van der Waals surface area contributed by atoms with Crippen molar-refractivity contribution in [2.45, 2.75) is 18.9 Å². The van der Waals surface area contributed by atoms with Gasteiger partial charge in [-0.3, -0.25) is 4.90 Å². The lowest BCUT2D eigenvalue weighted by atomic mass is 10.0. The van der Waals surface area contributed by atoms with E-state index in [0.717, 1.165) is 0 Å². The van der Waals surface area contributed by atoms with Crippen molar-refractivity contribution in [1.29, 1.82) is 0 Å². The molecule has 0 bridgehead atoms. The first-order valence-corrected chi connectivity index (χ1v) is 7.38. The molecule has 2 aliphatic rings. The molecule has 1 N–H and O–H groups in total. The van der Waals surface area contributed by atoms with E-state index in [-0.39, 0.29) is 12.1 Å². The van der Waals surface area contributed by atoms with Crippen LogP contribution in [0.1, 0.15) is 12.8 Å². The van der Waals surface area contributed by atoms with E-state index in [1.54, 1.807) is 23.1 Å². The topological polar surface area (TPSA) is 64.1 Å². The molecule has 0 aromatic heterocycles. The average Bonchev–Trinajstić information content (AvgIpc) is 2.89. The van der Waals surface area contributed by atoms with E-state index in [1.165, 1.54) is 15.9 Å². The second-order valence-corrected chi connectivity index (χ2v) is 5.58. The number of carbonyl (C=O) groups excluding carboxylic acids is 1. The summed E-state index contributed by atoms with van der Waals surface area (Å²) in [5.41, 5.74) is 0.304. The van der Waals surface area contributed by atoms with Gasteiger partial charge in [0.05, 0.1) is 5.69 Å². The molecule has 0 aliphatic carbocycles. The number of hydrogen-bond acceptors (Lipinski definition) is 2. The summed E-state index contributed by atoms with van der Waals surface area (Å²) in [7, 11) is 0. The summed E-state index contributed by atoms with van der Waals surface area (Å²) >= 11 is 0. The molecule has 0 saturated carbocycles. The Hall–Kier alpha value is -2.31. The predicted octanol–water partition coefficient (Wildman–Crippen LogP) is 2.21. The fraction of sp³-hybridized carbons (Fsp3) is 0.467. The lowest BCUT2D eigenvalue weighted by molar-refractivity contribution is 0.112. The number of carboxylic acid groups (broad SMARTS) is 1. The number of carbonyl (C=O) groups is 2. The molecule has 0 spiro atoms. The van der Waals surface area contributed by atoms with Crippen LogP contribution in [0.15, 0.2) is 24.3 Å². The molecule has 0 atom stereocenters. The van der Waals surface area contributed by atoms with Crippen molar-refractivity contribution in [3.8, 4) is 0 Å². The number of anilines is 1. The largest absolute Gasteiger partial charge is 0.465 e. The molecule has 118 valence electrons. The molecule has 6 nitrogen and oxygen atoms in total. The van der Waals surface area contributed by atoms with Crippen LogP contribution in [0.25, 0.3) is 0 Å². The van der Waals surface area contributed by atoms with Gasteiger partial charge in [-0.1, -0.05) is 12.1 Å². The van der Waals surface area contributed by atoms with Gasteiger partial charge in [-0.2, -0.15) is 0 Å². The van der Waals surface area contributed by atoms with Crippen LogP contribution in [0.2, 0.25) is 0 Å². The van der Waals surface area contributed by atoms with Gasteiger partial charge in [0.15, 0.2) is 0 Å². The van der Waals surface area contributed by atoms with E-state index in [9.17, 15) is 14.0 Å². The maximum Gasteiger partial charge on any atom is 0.407 e. The fourth-order valence-electron chi connectivity index (χ4n) is 3.16. The number of piperidine rings is 1. The van der Waals surface area contributed by atoms with Crippen molar-refractivity contribution in [1.82, 2.24) is 9.80 Å². The van der Waals surface area contributed by atoms with E-state index < -0.39 is 11.9 Å². The second kappa shape index (κ2) is 5.82. The summed E-state index contributed by atoms with van der Waals surface area (Å²) in [6.07, 6.45) is 0.339. The Morgan fingerprint density at radius 2 is 1.82 bits per heavy atom. The summed E-state index contributed by atoms with van der Waals surface area (Å²) < 4.78 is 13.8. The van der Waals surface area contributed by atoms with Crippen LogP contribution in [0.3, 0.4) is 0 Å². The van der Waals surface area contributed by atoms with Crippen molar-refractivity contribution in [2.75, 3.05) is 31.1 Å². The van der Waals surface area contributed by atoms with Gasteiger partial charge in [0, 0.05) is 32.2 Å². The molecule has 3 amide bonds. The van der Waals surface area contributed by atoms with E-state index in [4.69, 9.17) is 5.11 Å². The SMILES string of the molecule is O=C(O)N1CCC(N2CCN(c3ccccc3F)C2=O)CC1. The summed E-state index contributed by atoms with van der Waals surface area (Å²) in [5.74, 6) is -0.404. The molecule has 2 aliphatic heterocycles. The van der Waals surface area contributed by atoms with Crippen LogP contribution in [-0.2, 0) is 0 Å². The smallest absolute Gasteiger partial charge is 0.407 e. The molecule has 3 rings (SSSR count). The maximum atomic E-state index is 13.8. The van der Waals surface area contributed by atoms with E-state index in [0.29, 0.717) is 44.7 Å². The molecule has 1 aromatic carbocycles. The first kappa shape index (κ1) is 14.6. The van der Waals surface area contributed by atoms with Crippen LogP contribution in [0.5, 0.6) is 0 Å². The zero-order valence-electron chi connectivity index (χ0n) is 12.1. The van der Waals surface area contributed by atoms with Crippen molar-refractivity contribution >= 4 is 17.8 Å². The molecular formula is C15H18FN3O3. The molecule has 22 heavy (non-hydrogen) atoms. The van der Waals surface area contributed by atoms with Crippen molar-refractivity contribution in [3.05, 3.63) is 30.1 Å². The minimum Gasteiger partial charge on any atom is -0.465 e. The highest BCUT2D eigenvalue weighted by molar-refractivity contribution is 5.94. The van der Waals surface area contributed by atoms with Gasteiger partial charge >= 0.3 is 12.1 Å². The lowest BCUT2D eigenvalue weighted by Gasteiger charge is -2.35. The predicted molar refractivity (Wildman–Crippen MR) is 78.5 cm³/mol. The van der Waals surface area contributed by atoms with E-state index in [1.807, 2.05) is 0 Å². The number of likely N-dealkylation sites (tertiary alicyclic amines) is 1. The number of halogens is 1. The number of para-hydroxylation sites is 1. The molecule has 0 unspecified atom stereocenters. The Labute approximate surface area is 127 Å². The van der Waals surface area contributed by atoms with Crippen molar-refractivity contribution < 1.29 is 19.1 Å². The zero-order valence-corrected chi connectivity index (χ0v) is 12.1. The number of amides is 3.